The second-order valence-corrected chi connectivity index (χ2v) is 2.72. The van der Waals surface area contributed by atoms with Gasteiger partial charge in [0.2, 0.25) is 0 Å². The second kappa shape index (κ2) is 4.93. The summed E-state index contributed by atoms with van der Waals surface area (Å²) < 4.78 is 7.38. The van der Waals surface area contributed by atoms with Gasteiger partial charge in [0.05, 0.1) is 0 Å². The van der Waals surface area contributed by atoms with Gasteiger partial charge in [0.1, 0.15) is 5.82 Å². The molecule has 12 heavy (non-hydrogen) atoms. The quantitative estimate of drug-likeness (QED) is 0.625. The van der Waals surface area contributed by atoms with Crippen LogP contribution in [0.2, 0.25) is 0 Å². The molecule has 3 nitrogen and oxygen atoms in total. The van der Waals surface area contributed by atoms with Crippen molar-refractivity contribution in [2.75, 3.05) is 13.2 Å². The third-order valence-electron chi connectivity index (χ3n) is 1.82. The molecule has 0 atom stereocenters. The van der Waals surface area contributed by atoms with E-state index in [0.717, 1.165) is 32.0 Å². The summed E-state index contributed by atoms with van der Waals surface area (Å²) in [4.78, 5) is 4.14. The van der Waals surface area contributed by atoms with Gasteiger partial charge in [-0.1, -0.05) is 0 Å². The Morgan fingerprint density at radius 3 is 3.00 bits per heavy atom. The molecule has 0 bridgehead atoms. The number of imidazole rings is 1. The number of aryl methyl sites for hydroxylation is 2. The van der Waals surface area contributed by atoms with E-state index in [4.69, 9.17) is 4.74 Å². The van der Waals surface area contributed by atoms with E-state index in [2.05, 4.69) is 9.55 Å². The van der Waals surface area contributed by atoms with E-state index in [0.29, 0.717) is 0 Å². The van der Waals surface area contributed by atoms with Crippen molar-refractivity contribution in [3.8, 4) is 0 Å². The molecule has 68 valence electrons. The average molecular weight is 168 g/mol. The molecular formula is C9H16N2O. The van der Waals surface area contributed by atoms with Crippen molar-refractivity contribution in [2.45, 2.75) is 26.8 Å². The number of aromatic nitrogens is 2. The highest BCUT2D eigenvalue weighted by Crippen LogP contribution is 1.97. The molecule has 0 spiro atoms. The van der Waals surface area contributed by atoms with Crippen molar-refractivity contribution in [3.63, 3.8) is 0 Å². The topological polar surface area (TPSA) is 27.1 Å². The first kappa shape index (κ1) is 9.26. The Morgan fingerprint density at radius 1 is 1.58 bits per heavy atom. The minimum absolute atomic E-state index is 0.808. The van der Waals surface area contributed by atoms with Crippen LogP contribution in [0, 0.1) is 6.92 Å². The molecule has 1 heterocycles. The zero-order valence-electron chi connectivity index (χ0n) is 7.79. The lowest BCUT2D eigenvalue weighted by molar-refractivity contribution is 0.141. The molecule has 0 N–H and O–H groups in total. The predicted octanol–water partition coefficient (Wildman–Crippen LogP) is 1.62. The lowest BCUT2D eigenvalue weighted by Crippen LogP contribution is -2.03. The molecule has 0 saturated heterocycles. The monoisotopic (exact) mass is 168 g/mol. The molecule has 0 aromatic carbocycles. The summed E-state index contributed by atoms with van der Waals surface area (Å²) in [7, 11) is 0. The van der Waals surface area contributed by atoms with Crippen molar-refractivity contribution in [1.29, 1.82) is 0 Å². The van der Waals surface area contributed by atoms with Crippen LogP contribution in [0.4, 0.5) is 0 Å². The first-order valence-corrected chi connectivity index (χ1v) is 4.40. The smallest absolute Gasteiger partial charge is 0.105 e. The summed E-state index contributed by atoms with van der Waals surface area (Å²) in [5.41, 5.74) is 0. The Kier molecular flexibility index (Phi) is 3.80. The third kappa shape index (κ3) is 2.66. The van der Waals surface area contributed by atoms with Gasteiger partial charge < -0.3 is 9.30 Å². The maximum atomic E-state index is 5.24. The molecule has 0 fully saturated rings. The highest BCUT2D eigenvalue weighted by atomic mass is 16.5. The summed E-state index contributed by atoms with van der Waals surface area (Å²) in [6.45, 7) is 6.69. The molecule has 0 saturated carbocycles. The summed E-state index contributed by atoms with van der Waals surface area (Å²) in [5, 5.41) is 0. The third-order valence-corrected chi connectivity index (χ3v) is 1.82. The van der Waals surface area contributed by atoms with Gasteiger partial charge in [-0.05, 0) is 20.3 Å². The van der Waals surface area contributed by atoms with Crippen LogP contribution in [0.1, 0.15) is 19.2 Å². The molecule has 0 unspecified atom stereocenters. The van der Waals surface area contributed by atoms with Gasteiger partial charge >= 0.3 is 0 Å². The molecule has 1 aromatic rings. The molecule has 1 aromatic heterocycles. The minimum Gasteiger partial charge on any atom is -0.382 e. The first-order chi connectivity index (χ1) is 5.84. The molecule has 0 aliphatic heterocycles. The molecule has 0 aliphatic rings. The number of hydrogen-bond donors (Lipinski definition) is 0. The first-order valence-electron chi connectivity index (χ1n) is 4.40. The van der Waals surface area contributed by atoms with Gasteiger partial charge in [-0.2, -0.15) is 0 Å². The van der Waals surface area contributed by atoms with Gasteiger partial charge in [-0.15, -0.1) is 0 Å². The average Bonchev–Trinajstić information content (AvgIpc) is 2.46. The summed E-state index contributed by atoms with van der Waals surface area (Å²) in [5.74, 6) is 1.08. The van der Waals surface area contributed by atoms with Crippen LogP contribution in [0.25, 0.3) is 0 Å². The fourth-order valence-corrected chi connectivity index (χ4v) is 1.12. The van der Waals surface area contributed by atoms with Crippen molar-refractivity contribution in [1.82, 2.24) is 9.55 Å². The number of nitrogens with zero attached hydrogens (tertiary/aromatic N) is 2. The Hall–Kier alpha value is -0.830. The van der Waals surface area contributed by atoms with E-state index >= 15 is 0 Å². The van der Waals surface area contributed by atoms with Gasteiger partial charge in [0.25, 0.3) is 0 Å². The van der Waals surface area contributed by atoms with Crippen molar-refractivity contribution in [2.24, 2.45) is 0 Å². The molecule has 1 rings (SSSR count). The Labute approximate surface area is 73.4 Å². The van der Waals surface area contributed by atoms with E-state index in [-0.39, 0.29) is 0 Å². The van der Waals surface area contributed by atoms with Crippen molar-refractivity contribution >= 4 is 0 Å². The highest BCUT2D eigenvalue weighted by Gasteiger charge is 1.94. The van der Waals surface area contributed by atoms with Gasteiger partial charge in [-0.25, -0.2) is 4.98 Å². The summed E-state index contributed by atoms with van der Waals surface area (Å²) in [6, 6.07) is 0. The molecule has 0 aliphatic carbocycles. The highest BCUT2D eigenvalue weighted by molar-refractivity contribution is 4.87. The van der Waals surface area contributed by atoms with Gasteiger partial charge in [0, 0.05) is 32.2 Å². The van der Waals surface area contributed by atoms with E-state index < -0.39 is 0 Å². The van der Waals surface area contributed by atoms with Crippen molar-refractivity contribution < 1.29 is 4.74 Å². The molecule has 0 amide bonds. The zero-order valence-corrected chi connectivity index (χ0v) is 7.79. The number of rotatable bonds is 5. The standard InChI is InChI=1S/C9H16N2O/c1-3-12-8-4-6-11-7-5-10-9(11)2/h5,7H,3-4,6,8H2,1-2H3. The maximum absolute atomic E-state index is 5.24. The lowest BCUT2D eigenvalue weighted by Gasteiger charge is -2.04. The van der Waals surface area contributed by atoms with Crippen LogP contribution in [0.15, 0.2) is 12.4 Å². The summed E-state index contributed by atoms with van der Waals surface area (Å²) >= 11 is 0. The summed E-state index contributed by atoms with van der Waals surface area (Å²) in [6.07, 6.45) is 4.89. The van der Waals surface area contributed by atoms with Crippen LogP contribution in [0.3, 0.4) is 0 Å². The second-order valence-electron chi connectivity index (χ2n) is 2.72. The van der Waals surface area contributed by atoms with E-state index in [1.54, 1.807) is 0 Å². The zero-order chi connectivity index (χ0) is 8.81. The number of hydrogen-bond acceptors (Lipinski definition) is 2. The SMILES string of the molecule is CCOCCCn1ccnc1C. The van der Waals surface area contributed by atoms with Crippen LogP contribution in [0.5, 0.6) is 0 Å². The predicted molar refractivity (Wildman–Crippen MR) is 48.1 cm³/mol. The van der Waals surface area contributed by atoms with E-state index in [1.165, 1.54) is 0 Å². The van der Waals surface area contributed by atoms with Crippen LogP contribution >= 0.6 is 0 Å². The number of ether oxygens (including phenoxy) is 1. The van der Waals surface area contributed by atoms with E-state index in [9.17, 15) is 0 Å². The Morgan fingerprint density at radius 2 is 2.42 bits per heavy atom. The normalized spacial score (nSPS) is 10.5. The Bertz CT molecular complexity index is 220. The fourth-order valence-electron chi connectivity index (χ4n) is 1.12. The molecule has 0 radical (unpaired) electrons. The molecular weight excluding hydrogens is 152 g/mol. The van der Waals surface area contributed by atoms with Crippen molar-refractivity contribution in [3.05, 3.63) is 18.2 Å². The van der Waals surface area contributed by atoms with Crippen LogP contribution in [-0.2, 0) is 11.3 Å². The maximum Gasteiger partial charge on any atom is 0.105 e. The largest absolute Gasteiger partial charge is 0.382 e. The fraction of sp³-hybridized carbons (Fsp3) is 0.667. The van der Waals surface area contributed by atoms with E-state index in [1.807, 2.05) is 26.2 Å². The van der Waals surface area contributed by atoms with Crippen LogP contribution < -0.4 is 0 Å². The van der Waals surface area contributed by atoms with Gasteiger partial charge in [-0.3, -0.25) is 0 Å². The molecule has 3 heteroatoms. The Balaban J connectivity index is 2.20. The van der Waals surface area contributed by atoms with Crippen LogP contribution in [-0.4, -0.2) is 22.8 Å². The minimum atomic E-state index is 0.808. The lowest BCUT2D eigenvalue weighted by atomic mass is 10.4. The van der Waals surface area contributed by atoms with Gasteiger partial charge in [0.15, 0.2) is 0 Å².